The number of rotatable bonds is 0. The van der Waals surface area contributed by atoms with Gasteiger partial charge in [-0.15, -0.1) is 0 Å². The Morgan fingerprint density at radius 1 is 1.32 bits per heavy atom. The molecule has 1 atom stereocenters. The van der Waals surface area contributed by atoms with Gasteiger partial charge in [0.05, 0.1) is 0 Å². The average molecular weight is 329 g/mol. The predicted molar refractivity (Wildman–Crippen MR) is 76.7 cm³/mol. The number of carbonyl (C=O) groups is 1. The largest absolute Gasteiger partial charge is 0.410 e. The fourth-order valence-electron chi connectivity index (χ4n) is 2.34. The maximum absolute atomic E-state index is 13.9. The van der Waals surface area contributed by atoms with Gasteiger partial charge >= 0.3 is 12.2 Å². The van der Waals surface area contributed by atoms with Crippen LogP contribution in [0.25, 0.3) is 0 Å². The summed E-state index contributed by atoms with van der Waals surface area (Å²) in [6, 6.07) is 3.32. The predicted octanol–water partition coefficient (Wildman–Crippen LogP) is 3.69. The van der Waals surface area contributed by atoms with Gasteiger partial charge in [0.2, 0.25) is 0 Å². The van der Waals surface area contributed by atoms with Gasteiger partial charge in [-0.3, -0.25) is 0 Å². The third-order valence-electron chi connectivity index (χ3n) is 3.75. The van der Waals surface area contributed by atoms with Crippen molar-refractivity contribution in [2.24, 2.45) is 5.92 Å². The molecule has 0 bridgehead atoms. The van der Waals surface area contributed by atoms with Crippen LogP contribution in [0.15, 0.2) is 18.2 Å². The van der Waals surface area contributed by atoms with Gasteiger partial charge in [0.1, 0.15) is 0 Å². The van der Waals surface area contributed by atoms with Gasteiger partial charge in [0, 0.05) is 28.7 Å². The summed E-state index contributed by atoms with van der Waals surface area (Å²) in [5.74, 6) is 5.09. The van der Waals surface area contributed by atoms with E-state index in [-0.39, 0.29) is 22.2 Å². The average Bonchev–Trinajstić information content (AvgIpc) is 3.24. The van der Waals surface area contributed by atoms with Crippen molar-refractivity contribution in [3.8, 4) is 11.8 Å². The first-order valence-corrected chi connectivity index (χ1v) is 7.14. The number of urea groups is 1. The Bertz CT molecular complexity index is 688. The lowest BCUT2D eigenvalue weighted by molar-refractivity contribution is -0.170. The number of fused-ring (bicyclic) bond motifs is 1. The molecule has 3 rings (SSSR count). The zero-order valence-corrected chi connectivity index (χ0v) is 12.1. The summed E-state index contributed by atoms with van der Waals surface area (Å²) in [4.78, 5) is 11.6. The topological polar surface area (TPSA) is 41.1 Å². The minimum atomic E-state index is -4.65. The molecule has 116 valence electrons. The summed E-state index contributed by atoms with van der Waals surface area (Å²) < 4.78 is 41.6. The molecule has 2 aliphatic rings. The molecule has 1 aliphatic carbocycles. The van der Waals surface area contributed by atoms with Gasteiger partial charge in [0.15, 0.2) is 5.41 Å². The number of carbonyl (C=O) groups excluding carboxylic acids is 1. The second kappa shape index (κ2) is 5.10. The lowest BCUT2D eigenvalue weighted by atomic mass is 9.79. The molecule has 0 aromatic heterocycles. The number of hydrogen-bond donors (Lipinski definition) is 2. The van der Waals surface area contributed by atoms with Crippen LogP contribution in [-0.4, -0.2) is 18.8 Å². The van der Waals surface area contributed by atoms with E-state index in [1.807, 2.05) is 0 Å². The highest BCUT2D eigenvalue weighted by atomic mass is 35.5. The second-order valence-electron chi connectivity index (χ2n) is 5.44. The highest BCUT2D eigenvalue weighted by Gasteiger charge is 2.57. The Morgan fingerprint density at radius 2 is 2.05 bits per heavy atom. The molecule has 3 nitrogen and oxygen atoms in total. The van der Waals surface area contributed by atoms with Crippen LogP contribution in [0, 0.1) is 17.8 Å². The van der Waals surface area contributed by atoms with Crippen molar-refractivity contribution >= 4 is 23.3 Å². The van der Waals surface area contributed by atoms with Crippen LogP contribution < -0.4 is 10.6 Å². The van der Waals surface area contributed by atoms with Gasteiger partial charge in [-0.25, -0.2) is 4.79 Å². The van der Waals surface area contributed by atoms with E-state index in [0.717, 1.165) is 12.8 Å². The van der Waals surface area contributed by atoms with Crippen LogP contribution in [-0.2, 0) is 5.41 Å². The molecule has 2 amide bonds. The standard InChI is InChI=1S/C15H12ClF3N2O/c16-10-3-4-12-11(7-10)14(15(17,18)19,6-5-9-1-2-9)8-20-13(22)21-12/h3-4,7,9H,1-2,8H2,(H2,20,21,22). The van der Waals surface area contributed by atoms with Crippen LogP contribution in [0.3, 0.4) is 0 Å². The highest BCUT2D eigenvalue weighted by molar-refractivity contribution is 6.30. The van der Waals surface area contributed by atoms with Gasteiger partial charge < -0.3 is 10.6 Å². The molecule has 1 heterocycles. The molecular formula is C15H12ClF3N2O. The monoisotopic (exact) mass is 328 g/mol. The summed E-state index contributed by atoms with van der Waals surface area (Å²) in [6.07, 6.45) is -3.02. The third kappa shape index (κ3) is 2.61. The molecule has 1 aromatic carbocycles. The lowest BCUT2D eigenvalue weighted by Crippen LogP contribution is -2.49. The fourth-order valence-corrected chi connectivity index (χ4v) is 2.51. The number of nitrogens with one attached hydrogen (secondary N) is 2. The first kappa shape index (κ1) is 15.0. The van der Waals surface area contributed by atoms with E-state index >= 15 is 0 Å². The zero-order valence-electron chi connectivity index (χ0n) is 11.4. The summed E-state index contributed by atoms with van der Waals surface area (Å²) in [6.45, 7) is -0.643. The van der Waals surface area contributed by atoms with Crippen molar-refractivity contribution in [3.05, 3.63) is 28.8 Å². The molecule has 0 saturated heterocycles. The van der Waals surface area contributed by atoms with Crippen molar-refractivity contribution in [1.29, 1.82) is 0 Å². The molecule has 1 saturated carbocycles. The molecule has 0 radical (unpaired) electrons. The maximum Gasteiger partial charge on any atom is 0.410 e. The van der Waals surface area contributed by atoms with Crippen LogP contribution in [0.4, 0.5) is 23.7 Å². The van der Waals surface area contributed by atoms with Crippen molar-refractivity contribution in [2.75, 3.05) is 11.9 Å². The molecule has 2 N–H and O–H groups in total. The molecule has 7 heteroatoms. The molecule has 22 heavy (non-hydrogen) atoms. The van der Waals surface area contributed by atoms with E-state index in [1.54, 1.807) is 0 Å². The summed E-state index contributed by atoms with van der Waals surface area (Å²) >= 11 is 5.87. The Balaban J connectivity index is 2.22. The summed E-state index contributed by atoms with van der Waals surface area (Å²) in [7, 11) is 0. The number of anilines is 1. The van der Waals surface area contributed by atoms with E-state index < -0.39 is 24.2 Å². The fraction of sp³-hybridized carbons (Fsp3) is 0.400. The van der Waals surface area contributed by atoms with Crippen molar-refractivity contribution in [1.82, 2.24) is 5.32 Å². The minimum absolute atomic E-state index is 0.00812. The SMILES string of the molecule is O=C1NCC(C#CC2CC2)(C(F)(F)F)c2cc(Cl)ccc2N1. The van der Waals surface area contributed by atoms with Gasteiger partial charge in [-0.05, 0) is 31.0 Å². The van der Waals surface area contributed by atoms with E-state index in [2.05, 4.69) is 22.5 Å². The van der Waals surface area contributed by atoms with Crippen molar-refractivity contribution in [2.45, 2.75) is 24.4 Å². The Kier molecular flexibility index (Phi) is 3.48. The summed E-state index contributed by atoms with van der Waals surface area (Å²) in [5.41, 5.74) is -2.52. The number of halogens is 4. The van der Waals surface area contributed by atoms with Crippen LogP contribution >= 0.6 is 11.6 Å². The smallest absolute Gasteiger partial charge is 0.336 e. The first-order valence-electron chi connectivity index (χ1n) is 6.76. The van der Waals surface area contributed by atoms with Crippen LogP contribution in [0.1, 0.15) is 18.4 Å². The Hall–Kier alpha value is -1.87. The highest BCUT2D eigenvalue weighted by Crippen LogP contribution is 2.45. The van der Waals surface area contributed by atoms with E-state index in [0.29, 0.717) is 0 Å². The zero-order chi connectivity index (χ0) is 16.0. The molecule has 1 aromatic rings. The molecular weight excluding hydrogens is 317 g/mol. The van der Waals surface area contributed by atoms with Crippen LogP contribution in [0.5, 0.6) is 0 Å². The number of benzene rings is 1. The van der Waals surface area contributed by atoms with Gasteiger partial charge in [-0.1, -0.05) is 23.4 Å². The minimum Gasteiger partial charge on any atom is -0.336 e. The number of amides is 2. The van der Waals surface area contributed by atoms with E-state index in [1.165, 1.54) is 18.2 Å². The maximum atomic E-state index is 13.9. The van der Waals surface area contributed by atoms with Gasteiger partial charge in [0.25, 0.3) is 0 Å². The summed E-state index contributed by atoms with van der Waals surface area (Å²) in [5, 5.41) is 4.80. The lowest BCUT2D eigenvalue weighted by Gasteiger charge is -2.31. The quantitative estimate of drug-likeness (QED) is 0.701. The molecule has 1 fully saturated rings. The molecule has 1 aliphatic heterocycles. The second-order valence-corrected chi connectivity index (χ2v) is 5.88. The van der Waals surface area contributed by atoms with Crippen LogP contribution in [0.2, 0.25) is 5.02 Å². The van der Waals surface area contributed by atoms with Gasteiger partial charge in [-0.2, -0.15) is 13.2 Å². The molecule has 0 spiro atoms. The Morgan fingerprint density at radius 3 is 2.68 bits per heavy atom. The normalized spacial score (nSPS) is 24.3. The number of alkyl halides is 3. The molecule has 1 unspecified atom stereocenters. The van der Waals surface area contributed by atoms with E-state index in [9.17, 15) is 18.0 Å². The first-order chi connectivity index (χ1) is 10.3. The Labute approximate surface area is 130 Å². The van der Waals surface area contributed by atoms with E-state index in [4.69, 9.17) is 11.6 Å². The third-order valence-corrected chi connectivity index (χ3v) is 3.99. The number of hydrogen-bond acceptors (Lipinski definition) is 1. The van der Waals surface area contributed by atoms with Crippen molar-refractivity contribution < 1.29 is 18.0 Å². The van der Waals surface area contributed by atoms with Crippen molar-refractivity contribution in [3.63, 3.8) is 0 Å².